The van der Waals surface area contributed by atoms with Crippen molar-refractivity contribution in [3.05, 3.63) is 62.3 Å². The Balaban J connectivity index is 1.80. The molecule has 2 N–H and O–H groups in total. The summed E-state index contributed by atoms with van der Waals surface area (Å²) in [6.07, 6.45) is 2.63. The van der Waals surface area contributed by atoms with E-state index in [1.54, 1.807) is 30.7 Å². The molecule has 0 saturated carbocycles. The van der Waals surface area contributed by atoms with Gasteiger partial charge in [0.2, 0.25) is 5.75 Å². The second kappa shape index (κ2) is 7.28. The lowest BCUT2D eigenvalue weighted by Crippen LogP contribution is -2.08. The van der Waals surface area contributed by atoms with Gasteiger partial charge in [-0.25, -0.2) is 9.37 Å². The highest BCUT2D eigenvalue weighted by Gasteiger charge is 2.23. The smallest absolute Gasteiger partial charge is 0.205 e. The topological polar surface area (TPSA) is 61.3 Å². The van der Waals surface area contributed by atoms with Crippen LogP contribution in [0.15, 0.2) is 39.8 Å². The van der Waals surface area contributed by atoms with Crippen LogP contribution in [0.25, 0.3) is 22.1 Å². The van der Waals surface area contributed by atoms with E-state index in [1.165, 1.54) is 12.1 Å². The number of anilines is 1. The van der Waals surface area contributed by atoms with E-state index in [0.717, 1.165) is 22.1 Å². The summed E-state index contributed by atoms with van der Waals surface area (Å²) in [5.74, 6) is -0.152. The third-order valence-electron chi connectivity index (χ3n) is 4.53. The van der Waals surface area contributed by atoms with Crippen LogP contribution in [0.4, 0.5) is 10.2 Å². The SMILES string of the molecule is Cc1cscc1-c1coc2c(O[C@H](C)c3c(Cl)ccc(F)c3Cl)c(N)ncc12. The van der Waals surface area contributed by atoms with Crippen LogP contribution < -0.4 is 10.5 Å². The molecule has 8 heteroatoms. The number of halogens is 3. The third-order valence-corrected chi connectivity index (χ3v) is 6.10. The highest BCUT2D eigenvalue weighted by Crippen LogP contribution is 2.42. The van der Waals surface area contributed by atoms with E-state index < -0.39 is 11.9 Å². The first-order valence-corrected chi connectivity index (χ1v) is 10.1. The fraction of sp³-hybridized carbons (Fsp3) is 0.150. The zero-order chi connectivity index (χ0) is 20.0. The number of aromatic nitrogens is 1. The minimum Gasteiger partial charge on any atom is -0.478 e. The molecule has 0 unspecified atom stereocenters. The maximum atomic E-state index is 13.9. The molecule has 0 aliphatic carbocycles. The van der Waals surface area contributed by atoms with Gasteiger partial charge in [-0.05, 0) is 47.9 Å². The lowest BCUT2D eigenvalue weighted by molar-refractivity contribution is 0.227. The van der Waals surface area contributed by atoms with Crippen molar-refractivity contribution < 1.29 is 13.5 Å². The van der Waals surface area contributed by atoms with Crippen molar-refractivity contribution in [1.29, 1.82) is 0 Å². The number of thiophene rings is 1. The number of rotatable bonds is 4. The highest BCUT2D eigenvalue weighted by molar-refractivity contribution is 7.08. The molecular weight excluding hydrogens is 422 g/mol. The van der Waals surface area contributed by atoms with E-state index in [4.69, 9.17) is 38.1 Å². The minimum atomic E-state index is -0.679. The Morgan fingerprint density at radius 2 is 2.04 bits per heavy atom. The molecule has 0 aliphatic heterocycles. The maximum Gasteiger partial charge on any atom is 0.205 e. The van der Waals surface area contributed by atoms with Crippen molar-refractivity contribution in [1.82, 2.24) is 4.98 Å². The van der Waals surface area contributed by atoms with Crippen LogP contribution in [-0.4, -0.2) is 4.98 Å². The number of pyridine rings is 1. The molecule has 0 spiro atoms. The molecule has 4 nitrogen and oxygen atoms in total. The van der Waals surface area contributed by atoms with Crippen LogP contribution >= 0.6 is 34.5 Å². The van der Waals surface area contributed by atoms with Crippen LogP contribution in [0.1, 0.15) is 24.2 Å². The molecule has 28 heavy (non-hydrogen) atoms. The van der Waals surface area contributed by atoms with Crippen molar-refractivity contribution in [3.8, 4) is 16.9 Å². The van der Waals surface area contributed by atoms with Crippen LogP contribution in [-0.2, 0) is 0 Å². The van der Waals surface area contributed by atoms with Gasteiger partial charge in [-0.1, -0.05) is 23.2 Å². The first-order valence-electron chi connectivity index (χ1n) is 8.37. The Morgan fingerprint density at radius 1 is 1.25 bits per heavy atom. The molecule has 4 rings (SSSR count). The molecule has 0 radical (unpaired) electrons. The molecule has 1 aromatic carbocycles. The van der Waals surface area contributed by atoms with Gasteiger partial charge in [0.1, 0.15) is 11.9 Å². The summed E-state index contributed by atoms with van der Waals surface area (Å²) in [6, 6.07) is 2.64. The van der Waals surface area contributed by atoms with Crippen molar-refractivity contribution >= 4 is 51.3 Å². The van der Waals surface area contributed by atoms with Crippen molar-refractivity contribution in [2.75, 3.05) is 5.73 Å². The van der Waals surface area contributed by atoms with Gasteiger partial charge in [0.15, 0.2) is 11.4 Å². The Morgan fingerprint density at radius 3 is 2.75 bits per heavy atom. The molecule has 3 heterocycles. The molecule has 0 saturated heterocycles. The molecule has 0 fully saturated rings. The molecule has 1 atom stereocenters. The number of hydrogen-bond acceptors (Lipinski definition) is 5. The van der Waals surface area contributed by atoms with Gasteiger partial charge >= 0.3 is 0 Å². The zero-order valence-corrected chi connectivity index (χ0v) is 17.3. The molecular formula is C20H15Cl2FN2O2S. The predicted molar refractivity (Wildman–Crippen MR) is 112 cm³/mol. The highest BCUT2D eigenvalue weighted by atomic mass is 35.5. The van der Waals surface area contributed by atoms with Crippen LogP contribution in [0, 0.1) is 12.7 Å². The molecule has 144 valence electrons. The molecule has 0 bridgehead atoms. The number of fused-ring (bicyclic) bond motifs is 1. The summed E-state index contributed by atoms with van der Waals surface area (Å²) >= 11 is 13.9. The number of aryl methyl sites for hydroxylation is 1. The lowest BCUT2D eigenvalue weighted by Gasteiger charge is -2.18. The minimum absolute atomic E-state index is 0.0901. The standard InChI is InChI=1S/C20H15Cl2FN2O2S/c1-9-7-28-8-13(9)12-6-26-18-11(12)5-25-20(24)19(18)27-10(2)16-14(21)3-4-15(23)17(16)22/h3-8,10H,1-2H3,(H2,24,25)/t10-/m1/s1. The Kier molecular flexibility index (Phi) is 4.95. The molecule has 3 aromatic heterocycles. The predicted octanol–water partition coefficient (Wildman–Crippen LogP) is 7.03. The van der Waals surface area contributed by atoms with Crippen molar-refractivity contribution in [3.63, 3.8) is 0 Å². The number of hydrogen-bond donors (Lipinski definition) is 1. The van der Waals surface area contributed by atoms with Gasteiger partial charge in [-0.3, -0.25) is 0 Å². The summed E-state index contributed by atoms with van der Waals surface area (Å²) in [5, 5.41) is 5.09. The molecule has 4 aromatic rings. The second-order valence-electron chi connectivity index (χ2n) is 6.35. The average molecular weight is 437 g/mol. The van der Waals surface area contributed by atoms with Gasteiger partial charge in [-0.2, -0.15) is 11.3 Å². The number of ether oxygens (including phenoxy) is 1. The maximum absolute atomic E-state index is 13.9. The summed E-state index contributed by atoms with van der Waals surface area (Å²) in [4.78, 5) is 4.24. The first kappa shape index (κ1) is 19.1. The van der Waals surface area contributed by atoms with Crippen LogP contribution in [0.3, 0.4) is 0 Å². The number of nitrogen functional groups attached to an aromatic ring is 1. The van der Waals surface area contributed by atoms with Crippen molar-refractivity contribution in [2.45, 2.75) is 20.0 Å². The van der Waals surface area contributed by atoms with Gasteiger partial charge in [0, 0.05) is 22.3 Å². The molecule has 0 amide bonds. The Hall–Kier alpha value is -2.28. The monoisotopic (exact) mass is 436 g/mol. The van der Waals surface area contributed by atoms with E-state index in [9.17, 15) is 4.39 Å². The van der Waals surface area contributed by atoms with Gasteiger partial charge in [0.05, 0.1) is 16.7 Å². The second-order valence-corrected chi connectivity index (χ2v) is 7.88. The van der Waals surface area contributed by atoms with Gasteiger partial charge < -0.3 is 14.9 Å². The average Bonchev–Trinajstić information content (AvgIpc) is 3.26. The van der Waals surface area contributed by atoms with Gasteiger partial charge in [-0.15, -0.1) is 0 Å². The van der Waals surface area contributed by atoms with E-state index in [1.807, 2.05) is 12.3 Å². The number of furan rings is 1. The number of benzene rings is 1. The Bertz CT molecular complexity index is 1190. The van der Waals surface area contributed by atoms with Gasteiger partial charge in [0.25, 0.3) is 0 Å². The summed E-state index contributed by atoms with van der Waals surface area (Å²) in [5.41, 5.74) is 9.94. The summed E-state index contributed by atoms with van der Waals surface area (Å²) < 4.78 is 25.7. The van der Waals surface area contributed by atoms with Crippen molar-refractivity contribution in [2.24, 2.45) is 0 Å². The zero-order valence-electron chi connectivity index (χ0n) is 14.9. The summed E-state index contributed by atoms with van der Waals surface area (Å²) in [7, 11) is 0. The van der Waals surface area contributed by atoms with E-state index in [0.29, 0.717) is 16.2 Å². The van der Waals surface area contributed by atoms with Crippen LogP contribution in [0.2, 0.25) is 10.0 Å². The van der Waals surface area contributed by atoms with E-state index in [2.05, 4.69) is 10.4 Å². The van der Waals surface area contributed by atoms with E-state index >= 15 is 0 Å². The quantitative estimate of drug-likeness (QED) is 0.348. The number of nitrogens with zero attached hydrogens (tertiary/aromatic N) is 1. The largest absolute Gasteiger partial charge is 0.478 e. The fourth-order valence-electron chi connectivity index (χ4n) is 3.09. The third kappa shape index (κ3) is 3.11. The van der Waals surface area contributed by atoms with Crippen LogP contribution in [0.5, 0.6) is 5.75 Å². The van der Waals surface area contributed by atoms with E-state index in [-0.39, 0.29) is 16.6 Å². The fourth-order valence-corrected chi connectivity index (χ4v) is 4.62. The first-order chi connectivity index (χ1) is 13.4. The molecule has 0 aliphatic rings. The lowest BCUT2D eigenvalue weighted by atomic mass is 10.1. The normalized spacial score (nSPS) is 12.5. The Labute approximate surface area is 174 Å². The number of nitrogens with two attached hydrogens (primary N) is 1. The summed E-state index contributed by atoms with van der Waals surface area (Å²) in [6.45, 7) is 3.74.